The van der Waals surface area contributed by atoms with Gasteiger partial charge in [0, 0.05) is 6.54 Å². The van der Waals surface area contributed by atoms with Gasteiger partial charge in [-0.15, -0.1) is 0 Å². The zero-order valence-corrected chi connectivity index (χ0v) is 6.68. The number of aliphatic imine (C=N–C) groups is 1. The predicted octanol–water partition coefficient (Wildman–Crippen LogP) is -0.138. The van der Waals surface area contributed by atoms with Crippen LogP contribution in [0.25, 0.3) is 0 Å². The van der Waals surface area contributed by atoms with E-state index >= 15 is 0 Å². The highest BCUT2D eigenvalue weighted by atomic mass is 16.2. The van der Waals surface area contributed by atoms with Gasteiger partial charge in [-0.1, -0.05) is 13.3 Å². The van der Waals surface area contributed by atoms with Crippen molar-refractivity contribution >= 4 is 11.9 Å². The Bertz CT molecular complexity index is 177. The average molecular weight is 155 g/mol. The summed E-state index contributed by atoms with van der Waals surface area (Å²) in [5, 5.41) is 5.64. The van der Waals surface area contributed by atoms with Gasteiger partial charge in [0.1, 0.15) is 6.54 Å². The monoisotopic (exact) mass is 155 g/mol. The highest BCUT2D eigenvalue weighted by Gasteiger charge is 2.11. The van der Waals surface area contributed by atoms with Crippen molar-refractivity contribution in [3.8, 4) is 0 Å². The largest absolute Gasteiger partial charge is 0.356 e. The van der Waals surface area contributed by atoms with E-state index in [4.69, 9.17) is 0 Å². The van der Waals surface area contributed by atoms with Crippen molar-refractivity contribution in [2.75, 3.05) is 13.1 Å². The number of rotatable bonds is 3. The lowest BCUT2D eigenvalue weighted by atomic mass is 10.3. The van der Waals surface area contributed by atoms with Crippen molar-refractivity contribution in [1.82, 2.24) is 10.6 Å². The number of unbranched alkanes of at least 4 members (excludes halogenated alkanes) is 1. The van der Waals surface area contributed by atoms with E-state index in [9.17, 15) is 4.79 Å². The quantitative estimate of drug-likeness (QED) is 0.557. The molecule has 62 valence electrons. The molecule has 0 saturated carbocycles. The maximum atomic E-state index is 10.6. The van der Waals surface area contributed by atoms with Gasteiger partial charge in [-0.2, -0.15) is 0 Å². The standard InChI is InChI=1S/C7H13N3O/c1-2-3-4-8-7-9-5-6(11)10-7/h2-5H2,1H3,(H2,8,9,10,11). The molecule has 4 heteroatoms. The van der Waals surface area contributed by atoms with E-state index in [1.54, 1.807) is 0 Å². The molecule has 0 atom stereocenters. The molecule has 0 fully saturated rings. The van der Waals surface area contributed by atoms with Gasteiger partial charge in [0.2, 0.25) is 5.91 Å². The second-order valence-electron chi connectivity index (χ2n) is 2.49. The zero-order valence-electron chi connectivity index (χ0n) is 6.68. The summed E-state index contributed by atoms with van der Waals surface area (Å²) in [6.07, 6.45) is 2.25. The number of amides is 1. The fourth-order valence-corrected chi connectivity index (χ4v) is 0.846. The number of nitrogens with zero attached hydrogens (tertiary/aromatic N) is 1. The van der Waals surface area contributed by atoms with Crippen LogP contribution in [0.1, 0.15) is 19.8 Å². The van der Waals surface area contributed by atoms with E-state index in [2.05, 4.69) is 22.5 Å². The van der Waals surface area contributed by atoms with Crippen molar-refractivity contribution < 1.29 is 4.79 Å². The molecule has 0 unspecified atom stereocenters. The summed E-state index contributed by atoms with van der Waals surface area (Å²) in [6.45, 7) is 3.28. The molecule has 0 bridgehead atoms. The molecule has 2 N–H and O–H groups in total. The summed E-state index contributed by atoms with van der Waals surface area (Å²) >= 11 is 0. The van der Waals surface area contributed by atoms with Gasteiger partial charge in [-0.25, -0.2) is 4.99 Å². The van der Waals surface area contributed by atoms with Gasteiger partial charge in [-0.05, 0) is 6.42 Å². The van der Waals surface area contributed by atoms with Crippen LogP contribution in [0.5, 0.6) is 0 Å². The highest BCUT2D eigenvalue weighted by molar-refractivity contribution is 6.02. The molecule has 0 aromatic heterocycles. The van der Waals surface area contributed by atoms with Crippen molar-refractivity contribution in [3.05, 3.63) is 0 Å². The van der Waals surface area contributed by atoms with Crippen molar-refractivity contribution in [2.45, 2.75) is 19.8 Å². The molecule has 0 saturated heterocycles. The molecule has 1 aliphatic rings. The van der Waals surface area contributed by atoms with Crippen LogP contribution >= 0.6 is 0 Å². The number of carbonyl (C=O) groups excluding carboxylic acids is 1. The number of guanidine groups is 1. The molecular weight excluding hydrogens is 142 g/mol. The predicted molar refractivity (Wildman–Crippen MR) is 43.4 cm³/mol. The first kappa shape index (κ1) is 8.04. The number of nitrogens with one attached hydrogen (secondary N) is 2. The first-order valence-corrected chi connectivity index (χ1v) is 3.91. The molecule has 4 nitrogen and oxygen atoms in total. The third-order valence-corrected chi connectivity index (χ3v) is 1.46. The second kappa shape index (κ2) is 3.95. The molecule has 1 rings (SSSR count). The minimum absolute atomic E-state index is 0.0241. The summed E-state index contributed by atoms with van der Waals surface area (Å²) in [6, 6.07) is 0. The third kappa shape index (κ3) is 2.57. The second-order valence-corrected chi connectivity index (χ2v) is 2.49. The SMILES string of the molecule is CCCCNC1=NCC(=O)N1. The summed E-state index contributed by atoms with van der Waals surface area (Å²) in [5.74, 6) is 0.604. The van der Waals surface area contributed by atoms with Crippen LogP contribution in [-0.4, -0.2) is 25.0 Å². The fraction of sp³-hybridized carbons (Fsp3) is 0.714. The molecule has 1 heterocycles. The molecule has 0 aromatic rings. The lowest BCUT2D eigenvalue weighted by molar-refractivity contribution is -0.117. The Morgan fingerprint density at radius 1 is 1.73 bits per heavy atom. The molecule has 1 aliphatic heterocycles. The topological polar surface area (TPSA) is 53.5 Å². The van der Waals surface area contributed by atoms with Gasteiger partial charge in [-0.3, -0.25) is 10.1 Å². The van der Waals surface area contributed by atoms with Gasteiger partial charge < -0.3 is 5.32 Å². The fourth-order valence-electron chi connectivity index (χ4n) is 0.846. The molecule has 1 amide bonds. The van der Waals surface area contributed by atoms with E-state index in [0.717, 1.165) is 19.4 Å². The lowest BCUT2D eigenvalue weighted by Gasteiger charge is -2.02. The maximum Gasteiger partial charge on any atom is 0.248 e. The summed E-state index contributed by atoms with van der Waals surface area (Å²) in [5.41, 5.74) is 0. The van der Waals surface area contributed by atoms with Crippen molar-refractivity contribution in [1.29, 1.82) is 0 Å². The van der Waals surface area contributed by atoms with Gasteiger partial charge in [0.15, 0.2) is 5.96 Å². The van der Waals surface area contributed by atoms with E-state index < -0.39 is 0 Å². The van der Waals surface area contributed by atoms with Gasteiger partial charge in [0.05, 0.1) is 0 Å². The minimum atomic E-state index is -0.0241. The zero-order chi connectivity index (χ0) is 8.10. The average Bonchev–Trinajstić information content (AvgIpc) is 2.37. The minimum Gasteiger partial charge on any atom is -0.356 e. The molecule has 0 aliphatic carbocycles. The van der Waals surface area contributed by atoms with Crippen LogP contribution in [0.15, 0.2) is 4.99 Å². The Morgan fingerprint density at radius 3 is 3.09 bits per heavy atom. The van der Waals surface area contributed by atoms with Crippen LogP contribution in [0.2, 0.25) is 0 Å². The van der Waals surface area contributed by atoms with Crippen LogP contribution in [-0.2, 0) is 4.79 Å². The maximum absolute atomic E-state index is 10.6. The lowest BCUT2D eigenvalue weighted by Crippen LogP contribution is -2.36. The molecule has 0 radical (unpaired) electrons. The first-order chi connectivity index (χ1) is 5.33. The van der Waals surface area contributed by atoms with Crippen molar-refractivity contribution in [2.24, 2.45) is 4.99 Å². The van der Waals surface area contributed by atoms with E-state index in [1.165, 1.54) is 0 Å². The van der Waals surface area contributed by atoms with Crippen molar-refractivity contribution in [3.63, 3.8) is 0 Å². The first-order valence-electron chi connectivity index (χ1n) is 3.91. The van der Waals surface area contributed by atoms with Crippen LogP contribution in [0.4, 0.5) is 0 Å². The summed E-state index contributed by atoms with van der Waals surface area (Å²) in [7, 11) is 0. The summed E-state index contributed by atoms with van der Waals surface area (Å²) in [4.78, 5) is 14.6. The number of hydrogen-bond donors (Lipinski definition) is 2. The Morgan fingerprint density at radius 2 is 2.55 bits per heavy atom. The van der Waals surface area contributed by atoms with Gasteiger partial charge >= 0.3 is 0 Å². The van der Waals surface area contributed by atoms with Crippen LogP contribution in [0, 0.1) is 0 Å². The smallest absolute Gasteiger partial charge is 0.248 e. The van der Waals surface area contributed by atoms with Gasteiger partial charge in [0.25, 0.3) is 0 Å². The molecule has 11 heavy (non-hydrogen) atoms. The Labute approximate surface area is 66.1 Å². The van der Waals surface area contributed by atoms with Crippen LogP contribution < -0.4 is 10.6 Å². The molecule has 0 aromatic carbocycles. The normalized spacial score (nSPS) is 16.1. The molecule has 0 spiro atoms. The molecular formula is C7H13N3O. The van der Waals surface area contributed by atoms with E-state index in [0.29, 0.717) is 5.96 Å². The Kier molecular flexibility index (Phi) is 2.89. The Balaban J connectivity index is 2.13. The number of hydrogen-bond acceptors (Lipinski definition) is 3. The van der Waals surface area contributed by atoms with E-state index in [1.807, 2.05) is 0 Å². The number of carbonyl (C=O) groups is 1. The highest BCUT2D eigenvalue weighted by Crippen LogP contribution is 1.86. The third-order valence-electron chi connectivity index (χ3n) is 1.46. The Hall–Kier alpha value is -1.06. The van der Waals surface area contributed by atoms with E-state index in [-0.39, 0.29) is 12.5 Å². The summed E-state index contributed by atoms with van der Waals surface area (Å²) < 4.78 is 0. The van der Waals surface area contributed by atoms with Crippen LogP contribution in [0.3, 0.4) is 0 Å².